The summed E-state index contributed by atoms with van der Waals surface area (Å²) in [5, 5.41) is 2.72. The number of benzene rings is 2. The van der Waals surface area contributed by atoms with E-state index < -0.39 is 0 Å². The van der Waals surface area contributed by atoms with Gasteiger partial charge in [0.15, 0.2) is 5.78 Å². The molecule has 4 rings (SSSR count). The molecule has 0 spiro atoms. The van der Waals surface area contributed by atoms with Gasteiger partial charge in [0.25, 0.3) is 5.91 Å². The molecule has 2 aliphatic heterocycles. The first-order valence-electron chi connectivity index (χ1n) is 13.0. The van der Waals surface area contributed by atoms with E-state index in [9.17, 15) is 9.59 Å². The van der Waals surface area contributed by atoms with Gasteiger partial charge >= 0.3 is 0 Å². The van der Waals surface area contributed by atoms with Gasteiger partial charge in [0.1, 0.15) is 11.6 Å². The minimum atomic E-state index is -0.193. The van der Waals surface area contributed by atoms with E-state index in [1.54, 1.807) is 14.2 Å². The van der Waals surface area contributed by atoms with Crippen molar-refractivity contribution in [3.63, 3.8) is 0 Å². The number of fused-ring (bicyclic) bond motifs is 1. The third kappa shape index (κ3) is 5.25. The molecule has 9 heteroatoms. The van der Waals surface area contributed by atoms with E-state index in [4.69, 9.17) is 4.74 Å². The molecule has 0 atom stereocenters. The lowest BCUT2D eigenvalue weighted by molar-refractivity contribution is 0.0955. The van der Waals surface area contributed by atoms with E-state index in [1.807, 2.05) is 48.2 Å². The van der Waals surface area contributed by atoms with E-state index in [1.165, 1.54) is 0 Å². The number of carbonyl (C=O) groups excluding carboxylic acids is 2. The Bertz CT molecular complexity index is 1280. The van der Waals surface area contributed by atoms with Crippen LogP contribution in [0.15, 0.2) is 28.3 Å². The Morgan fingerprint density at radius 2 is 1.82 bits per heavy atom. The second-order valence-corrected chi connectivity index (χ2v) is 11.6. The molecule has 0 aliphatic carbocycles. The average molecular weight is 585 g/mol. The summed E-state index contributed by atoms with van der Waals surface area (Å²) in [5.74, 6) is 1.35. The van der Waals surface area contributed by atoms with Crippen LogP contribution in [0.2, 0.25) is 0 Å². The highest BCUT2D eigenvalue weighted by Gasteiger charge is 2.32. The smallest absolute Gasteiger partial charge is 0.253 e. The number of Topliss-reactive ketones (excluding diaryl/α,β-unsaturated/α-hetero) is 1. The quantitative estimate of drug-likeness (QED) is 0.473. The van der Waals surface area contributed by atoms with E-state index >= 15 is 0 Å². The third-order valence-corrected chi connectivity index (χ3v) is 7.68. The Kier molecular flexibility index (Phi) is 8.06. The number of ketones is 1. The lowest BCUT2D eigenvalue weighted by atomic mass is 9.84. The Hall–Kier alpha value is -3.07. The zero-order valence-electron chi connectivity index (χ0n) is 23.4. The molecular weight excluding hydrogens is 546 g/mol. The van der Waals surface area contributed by atoms with Crippen molar-refractivity contribution in [1.29, 1.82) is 0 Å². The molecule has 8 nitrogen and oxygen atoms in total. The van der Waals surface area contributed by atoms with Gasteiger partial charge in [-0.05, 0) is 48.1 Å². The van der Waals surface area contributed by atoms with Crippen LogP contribution in [0.5, 0.6) is 5.75 Å². The second-order valence-electron chi connectivity index (χ2n) is 11.2. The molecule has 1 fully saturated rings. The number of hydrogen-bond donors (Lipinski definition) is 1. The molecule has 2 aliphatic rings. The minimum absolute atomic E-state index is 0.0133. The van der Waals surface area contributed by atoms with Crippen molar-refractivity contribution >= 4 is 45.0 Å². The van der Waals surface area contributed by atoms with Crippen LogP contribution in [0, 0.1) is 0 Å². The van der Waals surface area contributed by atoms with Gasteiger partial charge in [0.05, 0.1) is 41.1 Å². The molecule has 38 heavy (non-hydrogen) atoms. The minimum Gasteiger partial charge on any atom is -0.494 e. The predicted octanol–water partition coefficient (Wildman–Crippen LogP) is 4.77. The Morgan fingerprint density at radius 1 is 1.13 bits per heavy atom. The van der Waals surface area contributed by atoms with Gasteiger partial charge < -0.3 is 24.8 Å². The molecule has 1 amide bonds. The molecule has 0 radical (unpaired) electrons. The molecular formula is C29H38BrN5O3. The van der Waals surface area contributed by atoms with Crippen molar-refractivity contribution in [3.05, 3.63) is 52.1 Å². The van der Waals surface area contributed by atoms with Crippen molar-refractivity contribution in [2.75, 3.05) is 57.7 Å². The number of halogens is 1. The van der Waals surface area contributed by atoms with Gasteiger partial charge in [-0.15, -0.1) is 0 Å². The molecule has 0 aromatic heterocycles. The zero-order valence-corrected chi connectivity index (χ0v) is 25.0. The van der Waals surface area contributed by atoms with E-state index in [0.29, 0.717) is 23.5 Å². The number of anilines is 2. The normalized spacial score (nSPS) is 16.2. The Balaban J connectivity index is 1.70. The molecule has 0 unspecified atom stereocenters. The van der Waals surface area contributed by atoms with E-state index in [2.05, 4.69) is 51.2 Å². The molecule has 2 aromatic carbocycles. The summed E-state index contributed by atoms with van der Waals surface area (Å²) < 4.78 is 10.3. The van der Waals surface area contributed by atoms with Crippen LogP contribution < -0.4 is 19.9 Å². The first-order chi connectivity index (χ1) is 18.0. The lowest BCUT2D eigenvalue weighted by Crippen LogP contribution is -2.31. The number of ether oxygens (including phenoxy) is 1. The number of nitrogens with one attached hydrogen (secondary N) is 1. The Morgan fingerprint density at radius 3 is 2.37 bits per heavy atom. The maximum absolute atomic E-state index is 13.8. The van der Waals surface area contributed by atoms with Gasteiger partial charge in [0.2, 0.25) is 0 Å². The molecule has 1 saturated heterocycles. The maximum Gasteiger partial charge on any atom is 0.253 e. The molecule has 0 bridgehead atoms. The van der Waals surface area contributed by atoms with Gasteiger partial charge in [0, 0.05) is 63.2 Å². The summed E-state index contributed by atoms with van der Waals surface area (Å²) in [6.07, 6.45) is 2.27. The van der Waals surface area contributed by atoms with Crippen LogP contribution >= 0.6 is 16.1 Å². The predicted molar refractivity (Wildman–Crippen MR) is 158 cm³/mol. The second kappa shape index (κ2) is 11.0. The number of methoxy groups -OCH3 is 1. The van der Waals surface area contributed by atoms with Crippen LogP contribution in [-0.4, -0.2) is 70.3 Å². The van der Waals surface area contributed by atoms with Crippen molar-refractivity contribution in [2.24, 2.45) is 4.02 Å². The van der Waals surface area contributed by atoms with Gasteiger partial charge in [-0.1, -0.05) is 20.8 Å². The number of rotatable bonds is 7. The van der Waals surface area contributed by atoms with Crippen LogP contribution in [0.25, 0.3) is 0 Å². The number of hydrogen-bond acceptors (Lipinski definition) is 6. The fourth-order valence-corrected chi connectivity index (χ4v) is 5.76. The third-order valence-electron chi connectivity index (χ3n) is 7.34. The van der Waals surface area contributed by atoms with Gasteiger partial charge in [-0.25, -0.2) is 0 Å². The summed E-state index contributed by atoms with van der Waals surface area (Å²) >= 11 is 3.27. The van der Waals surface area contributed by atoms with E-state index in [0.717, 1.165) is 59.7 Å². The summed E-state index contributed by atoms with van der Waals surface area (Å²) in [6, 6.07) is 7.86. The topological polar surface area (TPSA) is 77.5 Å². The standard InChI is InChI=1S/C29H38BrN5O3/c1-29(2,3)22-12-18(13-24(26(22)38-7)34-10-8-9-11-34)25(36)17-35-16-19-14-23(33(5)6)21(28(37)31-4)15-20(19)27(35)32-30/h12-15H,8-11,16-17H2,1-7H3,(H,31,37). The fraction of sp³-hybridized carbons (Fsp3) is 0.483. The number of amides is 1. The van der Waals surface area contributed by atoms with Crippen molar-refractivity contribution in [1.82, 2.24) is 10.2 Å². The maximum atomic E-state index is 13.8. The molecule has 2 aromatic rings. The van der Waals surface area contributed by atoms with Crippen molar-refractivity contribution < 1.29 is 14.3 Å². The van der Waals surface area contributed by atoms with E-state index in [-0.39, 0.29) is 23.7 Å². The van der Waals surface area contributed by atoms with Crippen LogP contribution in [0.1, 0.15) is 71.0 Å². The zero-order chi connectivity index (χ0) is 27.8. The summed E-state index contributed by atoms with van der Waals surface area (Å²) in [4.78, 5) is 32.6. The molecule has 0 saturated carbocycles. The summed E-state index contributed by atoms with van der Waals surface area (Å²) in [7, 11) is 7.16. The first kappa shape index (κ1) is 28.0. The lowest BCUT2D eigenvalue weighted by Gasteiger charge is -2.29. The average Bonchev–Trinajstić information content (AvgIpc) is 3.53. The van der Waals surface area contributed by atoms with Crippen LogP contribution in [-0.2, 0) is 12.0 Å². The monoisotopic (exact) mass is 583 g/mol. The largest absolute Gasteiger partial charge is 0.494 e. The molecule has 2 heterocycles. The molecule has 1 N–H and O–H groups in total. The number of carbonyl (C=O) groups is 2. The highest BCUT2D eigenvalue weighted by Crippen LogP contribution is 2.41. The van der Waals surface area contributed by atoms with Gasteiger partial charge in [-0.2, -0.15) is 4.02 Å². The summed E-state index contributed by atoms with van der Waals surface area (Å²) in [5.41, 5.74) is 5.76. The van der Waals surface area contributed by atoms with Crippen molar-refractivity contribution in [2.45, 2.75) is 45.6 Å². The fourth-order valence-electron chi connectivity index (χ4n) is 5.34. The first-order valence-corrected chi connectivity index (χ1v) is 13.7. The highest BCUT2D eigenvalue weighted by atomic mass is 79.9. The van der Waals surface area contributed by atoms with Crippen LogP contribution in [0.3, 0.4) is 0 Å². The number of amidine groups is 1. The van der Waals surface area contributed by atoms with Crippen LogP contribution in [0.4, 0.5) is 11.4 Å². The van der Waals surface area contributed by atoms with Crippen molar-refractivity contribution in [3.8, 4) is 5.75 Å². The molecule has 204 valence electrons. The SMILES string of the molecule is CNC(=O)c1cc2c(cc1N(C)C)CN(CC(=O)c1cc(N3CCCC3)c(OC)c(C(C)(C)C)c1)C2=NBr. The van der Waals surface area contributed by atoms with Gasteiger partial charge in [-0.3, -0.25) is 9.59 Å². The summed E-state index contributed by atoms with van der Waals surface area (Å²) in [6.45, 7) is 9.05. The Labute approximate surface area is 234 Å². The number of nitrogens with zero attached hydrogens (tertiary/aromatic N) is 4. The highest BCUT2D eigenvalue weighted by molar-refractivity contribution is 9.08.